The van der Waals surface area contributed by atoms with Gasteiger partial charge in [0, 0.05) is 0 Å². The standard InChI is InChI=1S/C25H32N2O5/c1-16-6-7-17(2)22(18(16)3)32-15-20(28)14-27-23(29)25(4,26-24(27)30)13-12-19-8-10-21(31-5)11-9-19/h6-11,20,28H,12-15H2,1-5H3,(H,26,30). The van der Waals surface area contributed by atoms with Crippen molar-refractivity contribution in [1.29, 1.82) is 0 Å². The number of aliphatic hydroxyl groups is 1. The van der Waals surface area contributed by atoms with Crippen molar-refractivity contribution in [1.82, 2.24) is 10.2 Å². The fourth-order valence-corrected chi connectivity index (χ4v) is 3.86. The number of ether oxygens (including phenoxy) is 2. The number of methoxy groups -OCH3 is 1. The number of nitrogens with zero attached hydrogens (tertiary/aromatic N) is 1. The van der Waals surface area contributed by atoms with E-state index in [2.05, 4.69) is 5.32 Å². The number of aliphatic hydroxyl groups excluding tert-OH is 1. The van der Waals surface area contributed by atoms with Crippen LogP contribution in [0.1, 0.15) is 35.6 Å². The molecule has 1 heterocycles. The van der Waals surface area contributed by atoms with Crippen molar-refractivity contribution in [3.63, 3.8) is 0 Å². The smallest absolute Gasteiger partial charge is 0.325 e. The molecule has 2 atom stereocenters. The molecule has 0 bridgehead atoms. The highest BCUT2D eigenvalue weighted by Gasteiger charge is 2.47. The van der Waals surface area contributed by atoms with E-state index in [0.717, 1.165) is 38.7 Å². The first-order valence-electron chi connectivity index (χ1n) is 10.8. The van der Waals surface area contributed by atoms with Crippen LogP contribution < -0.4 is 14.8 Å². The summed E-state index contributed by atoms with van der Waals surface area (Å²) in [6.07, 6.45) is 0.0834. The molecule has 2 N–H and O–H groups in total. The van der Waals surface area contributed by atoms with Gasteiger partial charge in [-0.25, -0.2) is 4.79 Å². The summed E-state index contributed by atoms with van der Waals surface area (Å²) in [4.78, 5) is 26.6. The van der Waals surface area contributed by atoms with Crippen molar-refractivity contribution in [3.05, 3.63) is 58.7 Å². The van der Waals surface area contributed by atoms with Gasteiger partial charge in [-0.2, -0.15) is 0 Å². The average Bonchev–Trinajstić information content (AvgIpc) is 2.98. The minimum absolute atomic E-state index is 0.00917. The average molecular weight is 441 g/mol. The van der Waals surface area contributed by atoms with Crippen LogP contribution >= 0.6 is 0 Å². The summed E-state index contributed by atoms with van der Waals surface area (Å²) in [6, 6.07) is 11.1. The number of β-amino-alcohol motifs (C(OH)–C–C–N with tert-alkyl or cyclic N) is 1. The molecule has 1 fully saturated rings. The lowest BCUT2D eigenvalue weighted by Gasteiger charge is -2.23. The van der Waals surface area contributed by atoms with E-state index in [9.17, 15) is 14.7 Å². The molecule has 2 unspecified atom stereocenters. The first-order chi connectivity index (χ1) is 15.1. The molecule has 1 aliphatic rings. The van der Waals surface area contributed by atoms with Crippen LogP contribution in [-0.2, 0) is 11.2 Å². The minimum Gasteiger partial charge on any atom is -0.497 e. The molecular formula is C25H32N2O5. The molecule has 2 aromatic carbocycles. The van der Waals surface area contributed by atoms with Gasteiger partial charge in [0.25, 0.3) is 5.91 Å². The molecule has 0 aliphatic carbocycles. The number of urea groups is 1. The van der Waals surface area contributed by atoms with Gasteiger partial charge in [0.15, 0.2) is 0 Å². The Labute approximate surface area is 189 Å². The third-order valence-corrected chi connectivity index (χ3v) is 6.10. The van der Waals surface area contributed by atoms with Gasteiger partial charge in [0.2, 0.25) is 0 Å². The lowest BCUT2D eigenvalue weighted by Crippen LogP contribution is -2.45. The molecule has 172 valence electrons. The number of hydrogen-bond acceptors (Lipinski definition) is 5. The fraction of sp³-hybridized carbons (Fsp3) is 0.440. The summed E-state index contributed by atoms with van der Waals surface area (Å²) in [5.74, 6) is 1.16. The molecule has 7 nitrogen and oxygen atoms in total. The summed E-state index contributed by atoms with van der Waals surface area (Å²) in [5, 5.41) is 13.3. The highest BCUT2D eigenvalue weighted by Crippen LogP contribution is 2.27. The largest absolute Gasteiger partial charge is 0.497 e. The van der Waals surface area contributed by atoms with E-state index in [4.69, 9.17) is 9.47 Å². The molecule has 0 aromatic heterocycles. The minimum atomic E-state index is -1.01. The maximum Gasteiger partial charge on any atom is 0.325 e. The zero-order valence-electron chi connectivity index (χ0n) is 19.4. The second kappa shape index (κ2) is 9.61. The van der Waals surface area contributed by atoms with Gasteiger partial charge < -0.3 is 19.9 Å². The molecule has 0 spiro atoms. The Morgan fingerprint density at radius 3 is 2.38 bits per heavy atom. The molecule has 0 radical (unpaired) electrons. The maximum atomic E-state index is 13.0. The van der Waals surface area contributed by atoms with Crippen LogP contribution in [0.15, 0.2) is 36.4 Å². The topological polar surface area (TPSA) is 88.1 Å². The number of nitrogens with one attached hydrogen (secondary N) is 1. The van der Waals surface area contributed by atoms with Gasteiger partial charge in [-0.1, -0.05) is 24.3 Å². The van der Waals surface area contributed by atoms with Crippen molar-refractivity contribution in [3.8, 4) is 11.5 Å². The van der Waals surface area contributed by atoms with Crippen molar-refractivity contribution >= 4 is 11.9 Å². The lowest BCUT2D eigenvalue weighted by atomic mass is 9.93. The van der Waals surface area contributed by atoms with Gasteiger partial charge in [0.1, 0.15) is 29.7 Å². The van der Waals surface area contributed by atoms with E-state index in [-0.39, 0.29) is 19.1 Å². The summed E-state index contributed by atoms with van der Waals surface area (Å²) in [5.41, 5.74) is 3.12. The number of amides is 3. The summed E-state index contributed by atoms with van der Waals surface area (Å²) in [6.45, 7) is 7.50. The molecule has 7 heteroatoms. The van der Waals surface area contributed by atoms with E-state index in [0.29, 0.717) is 12.8 Å². The maximum absolute atomic E-state index is 13.0. The van der Waals surface area contributed by atoms with Gasteiger partial charge in [-0.15, -0.1) is 0 Å². The summed E-state index contributed by atoms with van der Waals surface area (Å²) in [7, 11) is 1.61. The normalized spacial score (nSPS) is 19.1. The van der Waals surface area contributed by atoms with Crippen molar-refractivity contribution in [2.45, 2.75) is 52.2 Å². The highest BCUT2D eigenvalue weighted by atomic mass is 16.5. The summed E-state index contributed by atoms with van der Waals surface area (Å²) < 4.78 is 11.0. The summed E-state index contributed by atoms with van der Waals surface area (Å²) >= 11 is 0. The number of imide groups is 1. The van der Waals surface area contributed by atoms with Crippen LogP contribution in [0.5, 0.6) is 11.5 Å². The van der Waals surface area contributed by atoms with Gasteiger partial charge in [0.05, 0.1) is 13.7 Å². The van der Waals surface area contributed by atoms with Crippen LogP contribution in [0.2, 0.25) is 0 Å². The van der Waals surface area contributed by atoms with Gasteiger partial charge in [-0.3, -0.25) is 9.69 Å². The number of carbonyl (C=O) groups is 2. The zero-order valence-corrected chi connectivity index (χ0v) is 19.4. The molecule has 1 saturated heterocycles. The second-order valence-electron chi connectivity index (χ2n) is 8.64. The van der Waals surface area contributed by atoms with Crippen LogP contribution in [-0.4, -0.2) is 53.8 Å². The first kappa shape index (κ1) is 23.6. The van der Waals surface area contributed by atoms with Crippen molar-refractivity contribution in [2.75, 3.05) is 20.3 Å². The van der Waals surface area contributed by atoms with Crippen LogP contribution in [0.4, 0.5) is 4.79 Å². The molecule has 1 aliphatic heterocycles. The van der Waals surface area contributed by atoms with Gasteiger partial charge in [-0.05, 0) is 74.9 Å². The number of benzene rings is 2. The Hall–Kier alpha value is -3.06. The molecule has 0 saturated carbocycles. The third kappa shape index (κ3) is 5.05. The second-order valence-corrected chi connectivity index (χ2v) is 8.64. The highest BCUT2D eigenvalue weighted by molar-refractivity contribution is 6.06. The Morgan fingerprint density at radius 2 is 1.72 bits per heavy atom. The Morgan fingerprint density at radius 1 is 1.06 bits per heavy atom. The molecule has 3 amide bonds. The number of carbonyl (C=O) groups excluding carboxylic acids is 2. The number of hydrogen-bond donors (Lipinski definition) is 2. The predicted octanol–water partition coefficient (Wildman–Crippen LogP) is 3.30. The lowest BCUT2D eigenvalue weighted by molar-refractivity contribution is -0.132. The molecule has 2 aromatic rings. The van der Waals surface area contributed by atoms with Crippen LogP contribution in [0.25, 0.3) is 0 Å². The van der Waals surface area contributed by atoms with Gasteiger partial charge >= 0.3 is 6.03 Å². The van der Waals surface area contributed by atoms with Crippen LogP contribution in [0.3, 0.4) is 0 Å². The van der Waals surface area contributed by atoms with E-state index in [1.165, 1.54) is 0 Å². The molecule has 3 rings (SSSR count). The van der Waals surface area contributed by atoms with Crippen molar-refractivity contribution < 1.29 is 24.2 Å². The SMILES string of the molecule is COc1ccc(CCC2(C)NC(=O)N(CC(O)COc3c(C)ccc(C)c3C)C2=O)cc1. The number of rotatable bonds is 9. The predicted molar refractivity (Wildman–Crippen MR) is 122 cm³/mol. The van der Waals surface area contributed by atoms with E-state index < -0.39 is 17.7 Å². The monoisotopic (exact) mass is 440 g/mol. The Bertz CT molecular complexity index is 989. The zero-order chi connectivity index (χ0) is 23.5. The van der Waals surface area contributed by atoms with E-state index in [1.807, 2.05) is 57.2 Å². The fourth-order valence-electron chi connectivity index (χ4n) is 3.86. The Kier molecular flexibility index (Phi) is 7.09. The third-order valence-electron chi connectivity index (χ3n) is 6.10. The van der Waals surface area contributed by atoms with E-state index in [1.54, 1.807) is 14.0 Å². The number of aryl methyl sites for hydroxylation is 3. The first-order valence-corrected chi connectivity index (χ1v) is 10.8. The molecule has 32 heavy (non-hydrogen) atoms. The van der Waals surface area contributed by atoms with Crippen LogP contribution in [0, 0.1) is 20.8 Å². The molecular weight excluding hydrogens is 408 g/mol. The van der Waals surface area contributed by atoms with E-state index >= 15 is 0 Å². The quantitative estimate of drug-likeness (QED) is 0.584. The Balaban J connectivity index is 1.58. The van der Waals surface area contributed by atoms with Crippen molar-refractivity contribution in [2.24, 2.45) is 0 Å².